The zero-order valence-corrected chi connectivity index (χ0v) is 39.7. The third-order valence-corrected chi connectivity index (χ3v) is 14.7. The van der Waals surface area contributed by atoms with Gasteiger partial charge in [0.25, 0.3) is 0 Å². The number of fused-ring (bicyclic) bond motifs is 4. The van der Waals surface area contributed by atoms with Crippen molar-refractivity contribution >= 4 is 27.8 Å². The van der Waals surface area contributed by atoms with E-state index in [9.17, 15) is 0 Å². The van der Waals surface area contributed by atoms with Crippen molar-refractivity contribution in [3.63, 3.8) is 0 Å². The van der Waals surface area contributed by atoms with Crippen molar-refractivity contribution in [1.82, 2.24) is 0 Å². The Morgan fingerprint density at radius 2 is 0.653 bits per heavy atom. The second-order valence-electron chi connectivity index (χ2n) is 18.8. The lowest BCUT2D eigenvalue weighted by atomic mass is 9.67. The SMILES string of the molecule is c1ccc(-c2cc(-c3ccccc3)cc(-c3ccc(N(c4cccc(-c5cccc(-c6cccc7ccccc67)c5)c4)c4ccc5c(c4)C(c4ccccc4)(c4ccccc4)c4ccccc4-5)cc3)c2)cc1. The second-order valence-corrected chi connectivity index (χ2v) is 18.8. The molecule has 0 N–H and O–H groups in total. The summed E-state index contributed by atoms with van der Waals surface area (Å²) in [6.07, 6.45) is 0. The molecule has 0 atom stereocenters. The lowest BCUT2D eigenvalue weighted by Crippen LogP contribution is -2.28. The summed E-state index contributed by atoms with van der Waals surface area (Å²) in [6.45, 7) is 0. The van der Waals surface area contributed by atoms with E-state index >= 15 is 0 Å². The molecule has 338 valence electrons. The van der Waals surface area contributed by atoms with Crippen LogP contribution in [0.5, 0.6) is 0 Å². The number of hydrogen-bond acceptors (Lipinski definition) is 1. The van der Waals surface area contributed by atoms with Gasteiger partial charge in [0.1, 0.15) is 0 Å². The van der Waals surface area contributed by atoms with Crippen molar-refractivity contribution in [2.75, 3.05) is 4.90 Å². The number of anilines is 3. The number of rotatable bonds is 10. The normalized spacial score (nSPS) is 12.3. The van der Waals surface area contributed by atoms with Crippen LogP contribution in [0.1, 0.15) is 22.3 Å². The highest BCUT2D eigenvalue weighted by Crippen LogP contribution is 2.57. The van der Waals surface area contributed by atoms with E-state index < -0.39 is 5.41 Å². The fourth-order valence-electron chi connectivity index (χ4n) is 11.4. The van der Waals surface area contributed by atoms with Crippen LogP contribution in [0, 0.1) is 0 Å². The third-order valence-electron chi connectivity index (χ3n) is 14.7. The highest BCUT2D eigenvalue weighted by molar-refractivity contribution is 5.97. The summed E-state index contributed by atoms with van der Waals surface area (Å²) in [4.78, 5) is 2.45. The van der Waals surface area contributed by atoms with E-state index in [1.165, 1.54) is 88.7 Å². The van der Waals surface area contributed by atoms with Gasteiger partial charge in [0.05, 0.1) is 5.41 Å². The Labute approximate surface area is 422 Å². The minimum atomic E-state index is -0.538. The summed E-state index contributed by atoms with van der Waals surface area (Å²) in [6, 6.07) is 109. The van der Waals surface area contributed by atoms with Gasteiger partial charge in [0.2, 0.25) is 0 Å². The molecule has 12 aromatic carbocycles. The van der Waals surface area contributed by atoms with E-state index in [-0.39, 0.29) is 0 Å². The predicted octanol–water partition coefficient (Wildman–Crippen LogP) is 19.0. The Kier molecular flexibility index (Phi) is 10.8. The molecule has 1 aliphatic rings. The Morgan fingerprint density at radius 3 is 1.32 bits per heavy atom. The Bertz CT molecular complexity index is 3790. The van der Waals surface area contributed by atoms with Gasteiger partial charge in [0.15, 0.2) is 0 Å². The van der Waals surface area contributed by atoms with Crippen molar-refractivity contribution in [3.05, 3.63) is 320 Å². The van der Waals surface area contributed by atoms with Gasteiger partial charge >= 0.3 is 0 Å². The maximum atomic E-state index is 2.46. The molecule has 0 saturated carbocycles. The molecule has 1 nitrogen and oxygen atoms in total. The van der Waals surface area contributed by atoms with Crippen LogP contribution in [-0.4, -0.2) is 0 Å². The summed E-state index contributed by atoms with van der Waals surface area (Å²) < 4.78 is 0. The molecule has 0 bridgehead atoms. The van der Waals surface area contributed by atoms with Gasteiger partial charge < -0.3 is 4.90 Å². The van der Waals surface area contributed by atoms with Crippen molar-refractivity contribution < 1.29 is 0 Å². The fourth-order valence-corrected chi connectivity index (χ4v) is 11.4. The number of hydrogen-bond donors (Lipinski definition) is 0. The van der Waals surface area contributed by atoms with Gasteiger partial charge in [-0.05, 0) is 160 Å². The summed E-state index contributed by atoms with van der Waals surface area (Å²) in [5, 5.41) is 2.50. The second kappa shape index (κ2) is 18.2. The van der Waals surface area contributed by atoms with E-state index in [0.29, 0.717) is 0 Å². The van der Waals surface area contributed by atoms with Crippen molar-refractivity contribution in [1.29, 1.82) is 0 Å². The van der Waals surface area contributed by atoms with E-state index in [2.05, 4.69) is 302 Å². The molecule has 0 aromatic heterocycles. The smallest absolute Gasteiger partial charge is 0.0714 e. The first kappa shape index (κ1) is 42.8. The third kappa shape index (κ3) is 7.51. The molecule has 0 saturated heterocycles. The zero-order valence-electron chi connectivity index (χ0n) is 39.7. The summed E-state index contributed by atoms with van der Waals surface area (Å²) in [5.74, 6) is 0. The van der Waals surface area contributed by atoms with Crippen LogP contribution < -0.4 is 4.90 Å². The first-order chi connectivity index (χ1) is 35.7. The van der Waals surface area contributed by atoms with E-state index in [1.54, 1.807) is 0 Å². The zero-order chi connectivity index (χ0) is 47.8. The average molecular weight is 916 g/mol. The molecular weight excluding hydrogens is 867 g/mol. The molecule has 1 aliphatic carbocycles. The average Bonchev–Trinajstić information content (AvgIpc) is 3.76. The Morgan fingerprint density at radius 1 is 0.222 bits per heavy atom. The monoisotopic (exact) mass is 915 g/mol. The standard InChI is InChI=1S/C71H49N/c1-5-20-50(21-6-1)57-45-58(51-22-7-2-8-23-51)47-59(46-57)52-38-40-62(41-39-52)72(63-33-18-27-55(48-63)54-26-17-28-56(44-54)66-36-19-25-53-24-13-14-34-65(53)66)64-42-43-68-67-35-15-16-37-69(67)71(70(68)49-64,60-29-9-3-10-30-60)61-31-11-4-12-32-61/h1-49H. The van der Waals surface area contributed by atoms with E-state index in [4.69, 9.17) is 0 Å². The largest absolute Gasteiger partial charge is 0.310 e. The van der Waals surface area contributed by atoms with Gasteiger partial charge in [-0.25, -0.2) is 0 Å². The van der Waals surface area contributed by atoms with Crippen LogP contribution in [0.4, 0.5) is 17.1 Å². The predicted molar refractivity (Wildman–Crippen MR) is 303 cm³/mol. The molecular formula is C71H49N. The Hall–Kier alpha value is -9.30. The van der Waals surface area contributed by atoms with Crippen molar-refractivity contribution in [2.45, 2.75) is 5.41 Å². The van der Waals surface area contributed by atoms with Gasteiger partial charge in [0, 0.05) is 17.1 Å². The van der Waals surface area contributed by atoms with Crippen LogP contribution in [0.2, 0.25) is 0 Å². The topological polar surface area (TPSA) is 3.24 Å². The van der Waals surface area contributed by atoms with Crippen LogP contribution >= 0.6 is 0 Å². The minimum Gasteiger partial charge on any atom is -0.310 e. The summed E-state index contributed by atoms with van der Waals surface area (Å²) in [7, 11) is 0. The molecule has 0 amide bonds. The van der Waals surface area contributed by atoms with Gasteiger partial charge in [-0.3, -0.25) is 0 Å². The molecule has 1 heteroatoms. The van der Waals surface area contributed by atoms with E-state index in [0.717, 1.165) is 28.2 Å². The van der Waals surface area contributed by atoms with Crippen molar-refractivity contribution in [3.8, 4) is 66.8 Å². The molecule has 12 aromatic rings. The maximum absolute atomic E-state index is 2.46. The molecule has 0 aliphatic heterocycles. The fraction of sp³-hybridized carbons (Fsp3) is 0.0141. The van der Waals surface area contributed by atoms with Crippen LogP contribution in [0.3, 0.4) is 0 Å². The highest BCUT2D eigenvalue weighted by atomic mass is 15.1. The van der Waals surface area contributed by atoms with Gasteiger partial charge in [-0.15, -0.1) is 0 Å². The van der Waals surface area contributed by atoms with Crippen LogP contribution in [-0.2, 0) is 5.41 Å². The Balaban J connectivity index is 0.985. The molecule has 0 fully saturated rings. The lowest BCUT2D eigenvalue weighted by molar-refractivity contribution is 0.768. The molecule has 13 rings (SSSR count). The van der Waals surface area contributed by atoms with Crippen LogP contribution in [0.15, 0.2) is 297 Å². The molecule has 72 heavy (non-hydrogen) atoms. The lowest BCUT2D eigenvalue weighted by Gasteiger charge is -2.35. The summed E-state index contributed by atoms with van der Waals surface area (Å²) >= 11 is 0. The van der Waals surface area contributed by atoms with Crippen molar-refractivity contribution in [2.24, 2.45) is 0 Å². The highest BCUT2D eigenvalue weighted by Gasteiger charge is 2.46. The molecule has 0 unspecified atom stereocenters. The minimum absolute atomic E-state index is 0.538. The van der Waals surface area contributed by atoms with Gasteiger partial charge in [-0.2, -0.15) is 0 Å². The maximum Gasteiger partial charge on any atom is 0.0714 e. The molecule has 0 heterocycles. The molecule has 0 radical (unpaired) electrons. The van der Waals surface area contributed by atoms with Crippen LogP contribution in [0.25, 0.3) is 77.5 Å². The molecule has 0 spiro atoms. The number of benzene rings is 12. The van der Waals surface area contributed by atoms with Gasteiger partial charge in [-0.1, -0.05) is 237 Å². The van der Waals surface area contributed by atoms with E-state index in [1.807, 2.05) is 0 Å². The summed E-state index contributed by atoms with van der Waals surface area (Å²) in [5.41, 5.74) is 22.1. The number of nitrogens with zero attached hydrogens (tertiary/aromatic N) is 1. The quantitative estimate of drug-likeness (QED) is 0.132. The first-order valence-electron chi connectivity index (χ1n) is 24.9. The first-order valence-corrected chi connectivity index (χ1v) is 24.9.